The normalized spacial score (nSPS) is 11.8. The zero-order valence-corrected chi connectivity index (χ0v) is 13.2. The van der Waals surface area contributed by atoms with E-state index in [2.05, 4.69) is 12.1 Å². The van der Waals surface area contributed by atoms with Gasteiger partial charge in [0.25, 0.3) is 0 Å². The van der Waals surface area contributed by atoms with Gasteiger partial charge in [0, 0.05) is 11.6 Å². The smallest absolute Gasteiger partial charge is 0.164 e. The van der Waals surface area contributed by atoms with Gasteiger partial charge in [0.05, 0.1) is 26.7 Å². The molecule has 112 valence electrons. The average molecular weight is 307 g/mol. The third kappa shape index (κ3) is 3.61. The van der Waals surface area contributed by atoms with Gasteiger partial charge in [0.2, 0.25) is 0 Å². The number of ether oxygens (including phenoxy) is 3. The Bertz CT molecular complexity index is 584. The van der Waals surface area contributed by atoms with Gasteiger partial charge in [-0.15, -0.1) is 11.6 Å². The van der Waals surface area contributed by atoms with Crippen LogP contribution in [0.2, 0.25) is 0 Å². The highest BCUT2D eigenvalue weighted by Gasteiger charge is 2.18. The molecule has 0 saturated heterocycles. The van der Waals surface area contributed by atoms with Gasteiger partial charge in [-0.1, -0.05) is 30.3 Å². The largest absolute Gasteiger partial charge is 0.496 e. The van der Waals surface area contributed by atoms with Crippen molar-refractivity contribution in [2.75, 3.05) is 21.3 Å². The predicted octanol–water partition coefficient (Wildman–Crippen LogP) is 4.24. The Kier molecular flexibility index (Phi) is 5.34. The van der Waals surface area contributed by atoms with Gasteiger partial charge in [-0.25, -0.2) is 0 Å². The first kappa shape index (κ1) is 15.5. The van der Waals surface area contributed by atoms with Crippen LogP contribution in [-0.2, 0) is 6.42 Å². The summed E-state index contributed by atoms with van der Waals surface area (Å²) in [4.78, 5) is 0. The lowest BCUT2D eigenvalue weighted by Gasteiger charge is -2.17. The lowest BCUT2D eigenvalue weighted by atomic mass is 10.0. The number of benzene rings is 2. The maximum Gasteiger partial charge on any atom is 0.164 e. The first-order chi connectivity index (χ1) is 10.2. The molecule has 1 unspecified atom stereocenters. The minimum Gasteiger partial charge on any atom is -0.496 e. The van der Waals surface area contributed by atoms with E-state index in [9.17, 15) is 0 Å². The molecule has 0 aromatic heterocycles. The van der Waals surface area contributed by atoms with Crippen LogP contribution in [0.15, 0.2) is 42.5 Å². The summed E-state index contributed by atoms with van der Waals surface area (Å²) in [5.41, 5.74) is 2.06. The molecule has 0 spiro atoms. The number of halogens is 1. The van der Waals surface area contributed by atoms with Gasteiger partial charge >= 0.3 is 0 Å². The summed E-state index contributed by atoms with van der Waals surface area (Å²) in [7, 11) is 4.82. The molecule has 2 aromatic rings. The number of alkyl halides is 1. The van der Waals surface area contributed by atoms with Crippen molar-refractivity contribution in [2.45, 2.75) is 11.8 Å². The van der Waals surface area contributed by atoms with Crippen molar-refractivity contribution in [3.05, 3.63) is 53.6 Å². The highest BCUT2D eigenvalue weighted by Crippen LogP contribution is 2.40. The fraction of sp³-hybridized carbons (Fsp3) is 0.294. The highest BCUT2D eigenvalue weighted by molar-refractivity contribution is 6.21. The quantitative estimate of drug-likeness (QED) is 0.747. The minimum absolute atomic E-state index is 0.206. The van der Waals surface area contributed by atoms with E-state index in [1.807, 2.05) is 24.3 Å². The van der Waals surface area contributed by atoms with E-state index in [4.69, 9.17) is 25.8 Å². The first-order valence-electron chi connectivity index (χ1n) is 6.67. The minimum atomic E-state index is -0.206. The van der Waals surface area contributed by atoms with Crippen LogP contribution in [0.1, 0.15) is 16.5 Å². The summed E-state index contributed by atoms with van der Waals surface area (Å²) < 4.78 is 16.0. The molecule has 2 rings (SSSR count). The molecule has 0 amide bonds. The molecule has 0 fully saturated rings. The van der Waals surface area contributed by atoms with E-state index in [0.717, 1.165) is 5.56 Å². The second kappa shape index (κ2) is 7.23. The third-order valence-electron chi connectivity index (χ3n) is 3.33. The molecular weight excluding hydrogens is 288 g/mol. The molecule has 0 aliphatic heterocycles. The zero-order chi connectivity index (χ0) is 15.2. The molecule has 0 aliphatic rings. The molecule has 0 heterocycles. The second-order valence-electron chi connectivity index (χ2n) is 4.61. The first-order valence-corrected chi connectivity index (χ1v) is 7.11. The number of hydrogen-bond acceptors (Lipinski definition) is 3. The Labute approximate surface area is 130 Å². The summed E-state index contributed by atoms with van der Waals surface area (Å²) in [5, 5.41) is -0.206. The maximum atomic E-state index is 6.57. The third-order valence-corrected chi connectivity index (χ3v) is 3.72. The molecule has 0 bridgehead atoms. The van der Waals surface area contributed by atoms with E-state index in [1.54, 1.807) is 27.4 Å². The fourth-order valence-electron chi connectivity index (χ4n) is 2.23. The SMILES string of the molecule is COc1cc(OC)c(C(Cl)Cc2ccccc2)cc1OC. The number of methoxy groups -OCH3 is 3. The van der Waals surface area contributed by atoms with Crippen molar-refractivity contribution in [2.24, 2.45) is 0 Å². The van der Waals surface area contributed by atoms with E-state index in [0.29, 0.717) is 23.7 Å². The molecule has 1 atom stereocenters. The van der Waals surface area contributed by atoms with Crippen LogP contribution >= 0.6 is 11.6 Å². The van der Waals surface area contributed by atoms with Crippen LogP contribution in [0, 0.1) is 0 Å². The molecule has 3 nitrogen and oxygen atoms in total. The Morgan fingerprint density at radius 1 is 0.857 bits per heavy atom. The second-order valence-corrected chi connectivity index (χ2v) is 5.13. The standard InChI is InChI=1S/C17H19ClO3/c1-19-15-11-17(21-3)16(20-2)10-13(15)14(18)9-12-7-5-4-6-8-12/h4-8,10-11,14H,9H2,1-3H3. The maximum absolute atomic E-state index is 6.57. The van der Waals surface area contributed by atoms with Crippen LogP contribution < -0.4 is 14.2 Å². The lowest BCUT2D eigenvalue weighted by molar-refractivity contribution is 0.347. The number of rotatable bonds is 6. The predicted molar refractivity (Wildman–Crippen MR) is 84.8 cm³/mol. The fourth-order valence-corrected chi connectivity index (χ4v) is 2.58. The Balaban J connectivity index is 2.33. The van der Waals surface area contributed by atoms with E-state index < -0.39 is 0 Å². The molecule has 21 heavy (non-hydrogen) atoms. The van der Waals surface area contributed by atoms with Crippen molar-refractivity contribution in [3.63, 3.8) is 0 Å². The summed E-state index contributed by atoms with van der Waals surface area (Å²) in [5.74, 6) is 1.97. The van der Waals surface area contributed by atoms with Crippen molar-refractivity contribution < 1.29 is 14.2 Å². The zero-order valence-electron chi connectivity index (χ0n) is 12.4. The molecule has 0 N–H and O–H groups in total. The monoisotopic (exact) mass is 306 g/mol. The number of hydrogen-bond donors (Lipinski definition) is 0. The van der Waals surface area contributed by atoms with Gasteiger partial charge in [-0.2, -0.15) is 0 Å². The van der Waals surface area contributed by atoms with Gasteiger partial charge in [0.15, 0.2) is 11.5 Å². The molecule has 2 aromatic carbocycles. The molecule has 0 radical (unpaired) electrons. The van der Waals surface area contributed by atoms with Gasteiger partial charge in [-0.05, 0) is 18.1 Å². The Morgan fingerprint density at radius 3 is 2.00 bits per heavy atom. The molecule has 0 aliphatic carbocycles. The van der Waals surface area contributed by atoms with Crippen molar-refractivity contribution in [1.82, 2.24) is 0 Å². The van der Waals surface area contributed by atoms with E-state index in [-0.39, 0.29) is 5.38 Å². The molecule has 0 saturated carbocycles. The van der Waals surface area contributed by atoms with Crippen molar-refractivity contribution in [1.29, 1.82) is 0 Å². The highest BCUT2D eigenvalue weighted by atomic mass is 35.5. The van der Waals surface area contributed by atoms with Crippen LogP contribution in [0.4, 0.5) is 0 Å². The van der Waals surface area contributed by atoms with Crippen LogP contribution in [0.5, 0.6) is 17.2 Å². The summed E-state index contributed by atoms with van der Waals surface area (Å²) in [6.45, 7) is 0. The van der Waals surface area contributed by atoms with Crippen LogP contribution in [0.3, 0.4) is 0 Å². The van der Waals surface area contributed by atoms with E-state index >= 15 is 0 Å². The van der Waals surface area contributed by atoms with E-state index in [1.165, 1.54) is 5.56 Å². The Morgan fingerprint density at radius 2 is 1.43 bits per heavy atom. The van der Waals surface area contributed by atoms with Crippen LogP contribution in [-0.4, -0.2) is 21.3 Å². The summed E-state index contributed by atoms with van der Waals surface area (Å²) in [6, 6.07) is 13.8. The van der Waals surface area contributed by atoms with Crippen molar-refractivity contribution in [3.8, 4) is 17.2 Å². The molecule has 4 heteroatoms. The average Bonchev–Trinajstić information content (AvgIpc) is 2.54. The van der Waals surface area contributed by atoms with Gasteiger partial charge in [-0.3, -0.25) is 0 Å². The van der Waals surface area contributed by atoms with Crippen LogP contribution in [0.25, 0.3) is 0 Å². The molecular formula is C17H19ClO3. The summed E-state index contributed by atoms with van der Waals surface area (Å²) >= 11 is 6.57. The Hall–Kier alpha value is -1.87. The lowest BCUT2D eigenvalue weighted by Crippen LogP contribution is -2.01. The summed E-state index contributed by atoms with van der Waals surface area (Å²) in [6.07, 6.45) is 0.717. The van der Waals surface area contributed by atoms with Gasteiger partial charge in [0.1, 0.15) is 5.75 Å². The van der Waals surface area contributed by atoms with Crippen molar-refractivity contribution >= 4 is 11.6 Å². The topological polar surface area (TPSA) is 27.7 Å². The van der Waals surface area contributed by atoms with Gasteiger partial charge < -0.3 is 14.2 Å².